The molecule has 5 nitrogen and oxygen atoms in total. The van der Waals surface area contributed by atoms with Crippen molar-refractivity contribution in [2.24, 2.45) is 0 Å². The standard InChI is InChI=1S/C12H17BrN4O/c1-3-14-12(18)7(2)15-10-6-9(13)16-11(17-10)8-4-5-8/h6-8H,3-5H2,1-2H3,(H,14,18)(H,15,16,17). The minimum absolute atomic E-state index is 0.0276. The molecule has 1 unspecified atom stereocenters. The molecule has 2 N–H and O–H groups in total. The number of aromatic nitrogens is 2. The molecule has 1 aliphatic rings. The summed E-state index contributed by atoms with van der Waals surface area (Å²) in [4.78, 5) is 20.4. The maximum Gasteiger partial charge on any atom is 0.242 e. The van der Waals surface area contributed by atoms with Gasteiger partial charge in [-0.3, -0.25) is 4.79 Å². The molecule has 0 aromatic carbocycles. The van der Waals surface area contributed by atoms with E-state index in [1.54, 1.807) is 6.07 Å². The zero-order chi connectivity index (χ0) is 13.1. The van der Waals surface area contributed by atoms with Crippen LogP contribution >= 0.6 is 15.9 Å². The molecule has 1 heterocycles. The molecule has 1 aliphatic carbocycles. The minimum atomic E-state index is -0.307. The number of nitrogens with zero attached hydrogens (tertiary/aromatic N) is 2. The lowest BCUT2D eigenvalue weighted by molar-refractivity contribution is -0.121. The monoisotopic (exact) mass is 312 g/mol. The van der Waals surface area contributed by atoms with Crippen LogP contribution in [0.25, 0.3) is 0 Å². The van der Waals surface area contributed by atoms with E-state index in [1.165, 1.54) is 0 Å². The lowest BCUT2D eigenvalue weighted by atomic mass is 10.3. The van der Waals surface area contributed by atoms with Crippen molar-refractivity contribution in [3.05, 3.63) is 16.5 Å². The third kappa shape index (κ3) is 3.41. The van der Waals surface area contributed by atoms with Gasteiger partial charge in [0.05, 0.1) is 0 Å². The van der Waals surface area contributed by atoms with Crippen LogP contribution in [0.5, 0.6) is 0 Å². The molecule has 0 radical (unpaired) electrons. The molecule has 2 rings (SSSR count). The van der Waals surface area contributed by atoms with Crippen LogP contribution in [0.15, 0.2) is 10.7 Å². The van der Waals surface area contributed by atoms with Crippen molar-refractivity contribution >= 4 is 27.7 Å². The van der Waals surface area contributed by atoms with Gasteiger partial charge in [0.25, 0.3) is 0 Å². The lowest BCUT2D eigenvalue weighted by Gasteiger charge is -2.14. The molecule has 1 aromatic heterocycles. The highest BCUT2D eigenvalue weighted by molar-refractivity contribution is 9.10. The van der Waals surface area contributed by atoms with Gasteiger partial charge in [-0.15, -0.1) is 0 Å². The number of amides is 1. The number of rotatable bonds is 5. The highest BCUT2D eigenvalue weighted by atomic mass is 79.9. The van der Waals surface area contributed by atoms with E-state index < -0.39 is 0 Å². The minimum Gasteiger partial charge on any atom is -0.358 e. The molecule has 0 bridgehead atoms. The number of nitrogens with one attached hydrogen (secondary N) is 2. The fourth-order valence-electron chi connectivity index (χ4n) is 1.65. The summed E-state index contributed by atoms with van der Waals surface area (Å²) in [5.74, 6) is 2.01. The average Bonchev–Trinajstić information content (AvgIpc) is 3.12. The first-order valence-electron chi connectivity index (χ1n) is 6.19. The summed E-state index contributed by atoms with van der Waals surface area (Å²) in [7, 11) is 0. The Bertz CT molecular complexity index is 448. The van der Waals surface area contributed by atoms with Gasteiger partial charge in [-0.25, -0.2) is 9.97 Å². The smallest absolute Gasteiger partial charge is 0.242 e. The number of carbonyl (C=O) groups is 1. The van der Waals surface area contributed by atoms with E-state index in [1.807, 2.05) is 13.8 Å². The third-order valence-corrected chi connectivity index (χ3v) is 3.17. The molecule has 6 heteroatoms. The van der Waals surface area contributed by atoms with E-state index in [4.69, 9.17) is 0 Å². The molecule has 1 amide bonds. The van der Waals surface area contributed by atoms with Gasteiger partial charge in [-0.05, 0) is 42.6 Å². The van der Waals surface area contributed by atoms with Crippen LogP contribution in [0.3, 0.4) is 0 Å². The van der Waals surface area contributed by atoms with E-state index >= 15 is 0 Å². The summed E-state index contributed by atoms with van der Waals surface area (Å²) in [6.07, 6.45) is 2.31. The van der Waals surface area contributed by atoms with Gasteiger partial charge in [0, 0.05) is 18.5 Å². The SMILES string of the molecule is CCNC(=O)C(C)Nc1cc(Br)nc(C2CC2)n1. The van der Waals surface area contributed by atoms with E-state index in [9.17, 15) is 4.79 Å². The van der Waals surface area contributed by atoms with Crippen molar-refractivity contribution < 1.29 is 4.79 Å². The zero-order valence-corrected chi connectivity index (χ0v) is 12.1. The normalized spacial score (nSPS) is 16.2. The van der Waals surface area contributed by atoms with Crippen molar-refractivity contribution in [3.63, 3.8) is 0 Å². The number of hydrogen-bond acceptors (Lipinski definition) is 4. The topological polar surface area (TPSA) is 66.9 Å². The summed E-state index contributed by atoms with van der Waals surface area (Å²) in [6.45, 7) is 4.35. The Morgan fingerprint density at radius 2 is 2.28 bits per heavy atom. The number of carbonyl (C=O) groups excluding carboxylic acids is 1. The molecule has 1 atom stereocenters. The van der Waals surface area contributed by atoms with Gasteiger partial charge in [0.1, 0.15) is 22.3 Å². The van der Waals surface area contributed by atoms with Crippen LogP contribution in [0.1, 0.15) is 38.4 Å². The number of hydrogen-bond donors (Lipinski definition) is 2. The summed E-state index contributed by atoms with van der Waals surface area (Å²) in [5, 5.41) is 5.87. The van der Waals surface area contributed by atoms with Crippen LogP contribution < -0.4 is 10.6 Å². The van der Waals surface area contributed by atoms with Crippen molar-refractivity contribution in [1.82, 2.24) is 15.3 Å². The zero-order valence-electron chi connectivity index (χ0n) is 10.5. The maximum absolute atomic E-state index is 11.6. The molecular formula is C12H17BrN4O. The highest BCUT2D eigenvalue weighted by Gasteiger charge is 2.27. The van der Waals surface area contributed by atoms with E-state index in [-0.39, 0.29) is 11.9 Å². The summed E-state index contributed by atoms with van der Waals surface area (Å²) in [6, 6.07) is 1.49. The van der Waals surface area contributed by atoms with Crippen LogP contribution in [0.2, 0.25) is 0 Å². The number of halogens is 1. The molecular weight excluding hydrogens is 296 g/mol. The predicted octanol–water partition coefficient (Wildman–Crippen LogP) is 2.05. The fourth-order valence-corrected chi connectivity index (χ4v) is 2.05. The van der Waals surface area contributed by atoms with Crippen LogP contribution in [-0.4, -0.2) is 28.5 Å². The van der Waals surface area contributed by atoms with Crippen LogP contribution in [0.4, 0.5) is 5.82 Å². The third-order valence-electron chi connectivity index (χ3n) is 2.76. The molecule has 18 heavy (non-hydrogen) atoms. The Morgan fingerprint density at radius 1 is 1.56 bits per heavy atom. The van der Waals surface area contributed by atoms with Gasteiger partial charge in [0.15, 0.2) is 0 Å². The van der Waals surface area contributed by atoms with E-state index in [0.717, 1.165) is 23.3 Å². The largest absolute Gasteiger partial charge is 0.358 e. The highest BCUT2D eigenvalue weighted by Crippen LogP contribution is 2.38. The Balaban J connectivity index is 2.06. The first-order valence-corrected chi connectivity index (χ1v) is 6.98. The van der Waals surface area contributed by atoms with Gasteiger partial charge in [-0.1, -0.05) is 0 Å². The van der Waals surface area contributed by atoms with Gasteiger partial charge in [-0.2, -0.15) is 0 Å². The predicted molar refractivity (Wildman–Crippen MR) is 73.5 cm³/mol. The Labute approximate surface area is 115 Å². The number of likely N-dealkylation sites (N-methyl/N-ethyl adjacent to an activating group) is 1. The van der Waals surface area contributed by atoms with Gasteiger partial charge < -0.3 is 10.6 Å². The van der Waals surface area contributed by atoms with E-state index in [2.05, 4.69) is 36.5 Å². The van der Waals surface area contributed by atoms with Crippen molar-refractivity contribution in [2.75, 3.05) is 11.9 Å². The number of anilines is 1. The average molecular weight is 313 g/mol. The second kappa shape index (κ2) is 5.65. The molecule has 1 fully saturated rings. The molecule has 98 valence electrons. The van der Waals surface area contributed by atoms with Crippen LogP contribution in [-0.2, 0) is 4.79 Å². The Kier molecular flexibility index (Phi) is 4.16. The molecule has 0 aliphatic heterocycles. The Morgan fingerprint density at radius 3 is 2.89 bits per heavy atom. The van der Waals surface area contributed by atoms with E-state index in [0.29, 0.717) is 18.3 Å². The first-order chi connectivity index (χ1) is 8.60. The second-order valence-electron chi connectivity index (χ2n) is 4.47. The van der Waals surface area contributed by atoms with Crippen LogP contribution in [0, 0.1) is 0 Å². The summed E-state index contributed by atoms with van der Waals surface area (Å²) < 4.78 is 0.755. The van der Waals surface area contributed by atoms with Crippen molar-refractivity contribution in [3.8, 4) is 0 Å². The quantitative estimate of drug-likeness (QED) is 0.817. The summed E-state index contributed by atoms with van der Waals surface area (Å²) >= 11 is 3.38. The molecule has 1 saturated carbocycles. The van der Waals surface area contributed by atoms with Gasteiger partial charge in [0.2, 0.25) is 5.91 Å². The van der Waals surface area contributed by atoms with Gasteiger partial charge >= 0.3 is 0 Å². The maximum atomic E-state index is 11.6. The van der Waals surface area contributed by atoms with Crippen molar-refractivity contribution in [1.29, 1.82) is 0 Å². The molecule has 1 aromatic rings. The first kappa shape index (κ1) is 13.3. The summed E-state index contributed by atoms with van der Waals surface area (Å²) in [5.41, 5.74) is 0. The second-order valence-corrected chi connectivity index (χ2v) is 5.28. The van der Waals surface area contributed by atoms with Crippen molar-refractivity contribution in [2.45, 2.75) is 38.6 Å². The Hall–Kier alpha value is -1.17. The molecule has 0 spiro atoms. The fraction of sp³-hybridized carbons (Fsp3) is 0.583. The lowest BCUT2D eigenvalue weighted by Crippen LogP contribution is -2.37. The molecule has 0 saturated heterocycles.